The predicted molar refractivity (Wildman–Crippen MR) is 105 cm³/mol. The van der Waals surface area contributed by atoms with Crippen LogP contribution in [0.2, 0.25) is 5.82 Å². The van der Waals surface area contributed by atoms with Gasteiger partial charge < -0.3 is 9.55 Å². The molecule has 0 amide bonds. The second-order valence-corrected chi connectivity index (χ2v) is 7.18. The molecule has 0 saturated carbocycles. The van der Waals surface area contributed by atoms with E-state index in [-0.39, 0.29) is 0 Å². The Morgan fingerprint density at radius 1 is 1.00 bits per heavy atom. The minimum atomic E-state index is 0.733. The zero-order chi connectivity index (χ0) is 17.0. The summed E-state index contributed by atoms with van der Waals surface area (Å²) in [7, 11) is 2.53. The molecule has 0 bridgehead atoms. The van der Waals surface area contributed by atoms with Crippen molar-refractivity contribution in [3.05, 3.63) is 29.8 Å². The van der Waals surface area contributed by atoms with E-state index in [2.05, 4.69) is 50.3 Å². The first kappa shape index (κ1) is 19.4. The molecule has 2 nitrogen and oxygen atoms in total. The second-order valence-electron chi connectivity index (χ2n) is 7.18. The summed E-state index contributed by atoms with van der Waals surface area (Å²) >= 11 is 0. The maximum Gasteiger partial charge on any atom is 0.212 e. The molecule has 0 fully saturated rings. The van der Waals surface area contributed by atoms with Gasteiger partial charge in [-0.2, -0.15) is 0 Å². The van der Waals surface area contributed by atoms with Gasteiger partial charge in [0.15, 0.2) is 0 Å². The van der Waals surface area contributed by atoms with Crippen LogP contribution in [0.15, 0.2) is 24.3 Å². The lowest BCUT2D eigenvalue weighted by Gasteiger charge is -2.24. The SMILES string of the molecule is CCCCCCCC([B]N1CCOc2ccccc2C1)CCCC. The van der Waals surface area contributed by atoms with Gasteiger partial charge in [0.1, 0.15) is 5.75 Å². The van der Waals surface area contributed by atoms with E-state index in [1.165, 1.54) is 63.4 Å². The van der Waals surface area contributed by atoms with Crippen molar-refractivity contribution in [3.63, 3.8) is 0 Å². The van der Waals surface area contributed by atoms with Gasteiger partial charge in [-0.25, -0.2) is 0 Å². The van der Waals surface area contributed by atoms with E-state index in [9.17, 15) is 0 Å². The fraction of sp³-hybridized carbons (Fsp3) is 0.714. The van der Waals surface area contributed by atoms with Gasteiger partial charge in [-0.3, -0.25) is 0 Å². The number of hydrogen-bond acceptors (Lipinski definition) is 2. The van der Waals surface area contributed by atoms with Crippen LogP contribution in [0.1, 0.15) is 77.2 Å². The fourth-order valence-corrected chi connectivity index (χ4v) is 3.54. The molecule has 1 heterocycles. The lowest BCUT2D eigenvalue weighted by molar-refractivity contribution is 0.293. The number of fused-ring (bicyclic) bond motifs is 1. The van der Waals surface area contributed by atoms with E-state index < -0.39 is 0 Å². The molecule has 0 spiro atoms. The topological polar surface area (TPSA) is 12.5 Å². The van der Waals surface area contributed by atoms with Gasteiger partial charge in [-0.15, -0.1) is 0 Å². The quantitative estimate of drug-likeness (QED) is 0.374. The highest BCUT2D eigenvalue weighted by atomic mass is 16.5. The van der Waals surface area contributed by atoms with Crippen molar-refractivity contribution in [1.29, 1.82) is 0 Å². The number of hydrogen-bond donors (Lipinski definition) is 0. The molecule has 1 atom stereocenters. The lowest BCUT2D eigenvalue weighted by atomic mass is 9.68. The highest BCUT2D eigenvalue weighted by Gasteiger charge is 2.20. The van der Waals surface area contributed by atoms with Crippen molar-refractivity contribution in [2.75, 3.05) is 13.2 Å². The Labute approximate surface area is 150 Å². The summed E-state index contributed by atoms with van der Waals surface area (Å²) in [5.74, 6) is 1.80. The molecular formula is C21H35BNO. The van der Waals surface area contributed by atoms with Crippen LogP contribution in [-0.4, -0.2) is 25.4 Å². The Bertz CT molecular complexity index is 451. The lowest BCUT2D eigenvalue weighted by Crippen LogP contribution is -2.32. The third-order valence-corrected chi connectivity index (χ3v) is 5.01. The minimum Gasteiger partial charge on any atom is -0.492 e. The molecule has 2 rings (SSSR count). The third-order valence-electron chi connectivity index (χ3n) is 5.01. The Balaban J connectivity index is 1.83. The molecule has 1 aromatic carbocycles. The van der Waals surface area contributed by atoms with E-state index in [0.29, 0.717) is 0 Å². The number of para-hydroxylation sites is 1. The molecule has 1 aromatic rings. The van der Waals surface area contributed by atoms with Crippen LogP contribution >= 0.6 is 0 Å². The monoisotopic (exact) mass is 328 g/mol. The van der Waals surface area contributed by atoms with E-state index in [1.54, 1.807) is 0 Å². The van der Waals surface area contributed by atoms with Crippen LogP contribution in [0, 0.1) is 0 Å². The molecule has 1 radical (unpaired) electrons. The second kappa shape index (κ2) is 11.6. The summed E-state index contributed by atoms with van der Waals surface area (Å²) in [6.07, 6.45) is 12.2. The zero-order valence-corrected chi connectivity index (χ0v) is 15.8. The largest absolute Gasteiger partial charge is 0.492 e. The van der Waals surface area contributed by atoms with Crippen molar-refractivity contribution in [2.24, 2.45) is 0 Å². The average Bonchev–Trinajstić information content (AvgIpc) is 2.80. The Hall–Kier alpha value is -0.955. The van der Waals surface area contributed by atoms with Gasteiger partial charge in [0, 0.05) is 18.7 Å². The fourth-order valence-electron chi connectivity index (χ4n) is 3.54. The number of rotatable bonds is 11. The molecule has 0 aromatic heterocycles. The van der Waals surface area contributed by atoms with Crippen LogP contribution in [-0.2, 0) is 6.54 Å². The van der Waals surface area contributed by atoms with Crippen molar-refractivity contribution in [3.8, 4) is 5.75 Å². The predicted octanol–water partition coefficient (Wildman–Crippen LogP) is 5.84. The van der Waals surface area contributed by atoms with Crippen molar-refractivity contribution >= 4 is 7.41 Å². The highest BCUT2D eigenvalue weighted by Crippen LogP contribution is 2.26. The summed E-state index contributed by atoms with van der Waals surface area (Å²) in [4.78, 5) is 2.50. The molecular weight excluding hydrogens is 293 g/mol. The first-order valence-electron chi connectivity index (χ1n) is 10.1. The normalized spacial score (nSPS) is 16.1. The first-order valence-corrected chi connectivity index (χ1v) is 10.1. The van der Waals surface area contributed by atoms with Gasteiger partial charge >= 0.3 is 0 Å². The van der Waals surface area contributed by atoms with Crippen molar-refractivity contribution < 1.29 is 4.74 Å². The number of benzene rings is 1. The molecule has 0 saturated heterocycles. The van der Waals surface area contributed by atoms with Gasteiger partial charge in [-0.1, -0.05) is 95.7 Å². The number of unbranched alkanes of at least 4 members (excludes halogenated alkanes) is 5. The minimum absolute atomic E-state index is 0.733. The third kappa shape index (κ3) is 6.89. The highest BCUT2D eigenvalue weighted by molar-refractivity contribution is 6.34. The van der Waals surface area contributed by atoms with Crippen LogP contribution in [0.4, 0.5) is 0 Å². The van der Waals surface area contributed by atoms with Gasteiger partial charge in [0.05, 0.1) is 6.61 Å². The number of nitrogens with zero attached hydrogens (tertiary/aromatic N) is 1. The Morgan fingerprint density at radius 3 is 2.58 bits per heavy atom. The summed E-state index contributed by atoms with van der Waals surface area (Å²) in [5.41, 5.74) is 1.32. The van der Waals surface area contributed by atoms with Crippen LogP contribution in [0.5, 0.6) is 5.75 Å². The molecule has 24 heavy (non-hydrogen) atoms. The van der Waals surface area contributed by atoms with Crippen LogP contribution in [0.25, 0.3) is 0 Å². The van der Waals surface area contributed by atoms with Crippen LogP contribution < -0.4 is 4.74 Å². The van der Waals surface area contributed by atoms with Crippen LogP contribution in [0.3, 0.4) is 0 Å². The maximum absolute atomic E-state index is 5.91. The standard InChI is InChI=1S/C21H35BNO/c1-3-5-7-8-9-14-20(13-6-4-2)22-23-16-17-24-21-15-11-10-12-19(21)18-23/h10-12,15,20H,3-9,13-14,16-18H2,1-2H3. The van der Waals surface area contributed by atoms with E-state index in [4.69, 9.17) is 4.74 Å². The molecule has 0 aliphatic carbocycles. The summed E-state index contributed by atoms with van der Waals surface area (Å²) in [6, 6.07) is 8.49. The molecule has 1 aliphatic heterocycles. The summed E-state index contributed by atoms with van der Waals surface area (Å²) in [5, 5.41) is 0. The van der Waals surface area contributed by atoms with Gasteiger partial charge in [0.25, 0.3) is 0 Å². The molecule has 133 valence electrons. The van der Waals surface area contributed by atoms with E-state index >= 15 is 0 Å². The summed E-state index contributed by atoms with van der Waals surface area (Å²) < 4.78 is 5.91. The zero-order valence-electron chi connectivity index (χ0n) is 15.8. The van der Waals surface area contributed by atoms with Gasteiger partial charge in [0.2, 0.25) is 7.41 Å². The molecule has 1 unspecified atom stereocenters. The summed E-state index contributed by atoms with van der Waals surface area (Å²) in [6.45, 7) is 7.39. The van der Waals surface area contributed by atoms with E-state index in [1.807, 2.05) is 0 Å². The van der Waals surface area contributed by atoms with E-state index in [0.717, 1.165) is 31.3 Å². The molecule has 3 heteroatoms. The smallest absolute Gasteiger partial charge is 0.212 e. The average molecular weight is 328 g/mol. The van der Waals surface area contributed by atoms with Crippen molar-refractivity contribution in [2.45, 2.75) is 84.0 Å². The van der Waals surface area contributed by atoms with Crippen molar-refractivity contribution in [1.82, 2.24) is 4.81 Å². The Kier molecular flexibility index (Phi) is 9.34. The maximum atomic E-state index is 5.91. The first-order chi connectivity index (χ1) is 11.8. The molecule has 0 N–H and O–H groups in total. The Morgan fingerprint density at radius 2 is 1.75 bits per heavy atom. The van der Waals surface area contributed by atoms with Gasteiger partial charge in [-0.05, 0) is 6.07 Å². The molecule has 1 aliphatic rings. The number of ether oxygens (including phenoxy) is 1.